The van der Waals surface area contributed by atoms with Gasteiger partial charge in [-0.05, 0) is 55.5 Å². The molecule has 0 spiro atoms. The third-order valence-electron chi connectivity index (χ3n) is 5.79. The third-order valence-corrected chi connectivity index (χ3v) is 5.79. The zero-order valence-corrected chi connectivity index (χ0v) is 18.5. The number of ether oxygens (including phenoxy) is 2. The minimum Gasteiger partial charge on any atom is -0.497 e. The van der Waals surface area contributed by atoms with Gasteiger partial charge in [0.15, 0.2) is 0 Å². The molecule has 2 aromatic rings. The Balaban J connectivity index is 1.32. The lowest BCUT2D eigenvalue weighted by atomic mass is 10.1. The van der Waals surface area contributed by atoms with E-state index in [-0.39, 0.29) is 5.91 Å². The lowest BCUT2D eigenvalue weighted by molar-refractivity contribution is -0.132. The van der Waals surface area contributed by atoms with Crippen molar-refractivity contribution in [1.29, 1.82) is 0 Å². The van der Waals surface area contributed by atoms with Crippen LogP contribution in [0, 0.1) is 13.8 Å². The Hall–Kier alpha value is -2.53. The monoisotopic (exact) mass is 410 g/mol. The minimum atomic E-state index is 0.254. The van der Waals surface area contributed by atoms with Gasteiger partial charge in [0.2, 0.25) is 5.91 Å². The summed E-state index contributed by atoms with van der Waals surface area (Å²) in [4.78, 5) is 17.0. The molecule has 1 aliphatic rings. The normalized spacial score (nSPS) is 14.6. The molecule has 30 heavy (non-hydrogen) atoms. The van der Waals surface area contributed by atoms with Gasteiger partial charge >= 0.3 is 0 Å². The summed E-state index contributed by atoms with van der Waals surface area (Å²) in [7, 11) is 1.66. The largest absolute Gasteiger partial charge is 0.497 e. The van der Waals surface area contributed by atoms with Gasteiger partial charge < -0.3 is 14.4 Å². The van der Waals surface area contributed by atoms with Crippen molar-refractivity contribution in [3.8, 4) is 11.5 Å². The number of carbonyl (C=O) groups excluding carboxylic acids is 1. The molecule has 1 heterocycles. The summed E-state index contributed by atoms with van der Waals surface area (Å²) in [6.07, 6.45) is 2.34. The van der Waals surface area contributed by atoms with Gasteiger partial charge in [-0.25, -0.2) is 0 Å². The van der Waals surface area contributed by atoms with E-state index in [1.54, 1.807) is 7.11 Å². The molecule has 1 amide bonds. The smallest absolute Gasteiger partial charge is 0.222 e. The summed E-state index contributed by atoms with van der Waals surface area (Å²) < 4.78 is 11.2. The summed E-state index contributed by atoms with van der Waals surface area (Å²) in [5.74, 6) is 2.12. The average molecular weight is 411 g/mol. The summed E-state index contributed by atoms with van der Waals surface area (Å²) in [5, 5.41) is 0. The van der Waals surface area contributed by atoms with Crippen molar-refractivity contribution < 1.29 is 14.3 Å². The Morgan fingerprint density at radius 1 is 0.967 bits per heavy atom. The molecule has 162 valence electrons. The maximum Gasteiger partial charge on any atom is 0.222 e. The van der Waals surface area contributed by atoms with Crippen LogP contribution in [0.3, 0.4) is 0 Å². The van der Waals surface area contributed by atoms with E-state index in [2.05, 4.69) is 36.9 Å². The van der Waals surface area contributed by atoms with Crippen molar-refractivity contribution in [3.05, 3.63) is 59.2 Å². The van der Waals surface area contributed by atoms with Crippen LogP contribution in [0.25, 0.3) is 0 Å². The number of nitrogens with zero attached hydrogens (tertiary/aromatic N) is 2. The summed E-state index contributed by atoms with van der Waals surface area (Å²) in [6.45, 7) is 9.44. The van der Waals surface area contributed by atoms with Gasteiger partial charge in [-0.3, -0.25) is 9.69 Å². The fourth-order valence-electron chi connectivity index (χ4n) is 3.91. The van der Waals surface area contributed by atoms with Gasteiger partial charge in [0.25, 0.3) is 0 Å². The van der Waals surface area contributed by atoms with Crippen LogP contribution in [0.4, 0.5) is 0 Å². The van der Waals surface area contributed by atoms with Crippen molar-refractivity contribution >= 4 is 5.91 Å². The van der Waals surface area contributed by atoms with Crippen LogP contribution in [0.1, 0.15) is 29.5 Å². The quantitative estimate of drug-likeness (QED) is 0.589. The molecule has 0 atom stereocenters. The number of benzene rings is 2. The Labute approximate surface area is 180 Å². The second-order valence-electron chi connectivity index (χ2n) is 7.99. The second kappa shape index (κ2) is 11.0. The number of para-hydroxylation sites is 1. The van der Waals surface area contributed by atoms with Crippen LogP contribution < -0.4 is 9.47 Å². The van der Waals surface area contributed by atoms with E-state index in [0.29, 0.717) is 6.42 Å². The SMILES string of the molecule is COc1ccc(CCC(=O)N2CCN(CCCOc3c(C)cccc3C)CC2)cc1. The lowest BCUT2D eigenvalue weighted by Gasteiger charge is -2.34. The second-order valence-corrected chi connectivity index (χ2v) is 7.99. The number of amides is 1. The molecular weight excluding hydrogens is 376 g/mol. The topological polar surface area (TPSA) is 42.0 Å². The van der Waals surface area contributed by atoms with Gasteiger partial charge in [-0.2, -0.15) is 0 Å². The van der Waals surface area contributed by atoms with E-state index in [1.165, 1.54) is 16.7 Å². The van der Waals surface area contributed by atoms with E-state index in [1.807, 2.05) is 29.2 Å². The molecule has 5 heteroatoms. The standard InChI is InChI=1S/C25H34N2O3/c1-20-6-4-7-21(2)25(20)30-19-5-14-26-15-17-27(18-16-26)24(28)13-10-22-8-11-23(29-3)12-9-22/h4,6-9,11-12H,5,10,13-19H2,1-3H3. The molecule has 3 rings (SSSR count). The highest BCUT2D eigenvalue weighted by molar-refractivity contribution is 5.76. The molecule has 1 saturated heterocycles. The third kappa shape index (κ3) is 6.23. The van der Waals surface area contributed by atoms with Crippen molar-refractivity contribution in [1.82, 2.24) is 9.80 Å². The van der Waals surface area contributed by atoms with E-state index in [0.717, 1.165) is 63.7 Å². The molecule has 0 radical (unpaired) electrons. The van der Waals surface area contributed by atoms with Crippen LogP contribution in [-0.2, 0) is 11.2 Å². The maximum atomic E-state index is 12.5. The Morgan fingerprint density at radius 3 is 2.27 bits per heavy atom. The molecule has 2 aromatic carbocycles. The van der Waals surface area contributed by atoms with Crippen molar-refractivity contribution in [2.24, 2.45) is 0 Å². The molecule has 0 saturated carbocycles. The van der Waals surface area contributed by atoms with Crippen molar-refractivity contribution in [2.45, 2.75) is 33.1 Å². The number of aryl methyl sites for hydroxylation is 3. The first kappa shape index (κ1) is 22.2. The number of piperazine rings is 1. The van der Waals surface area contributed by atoms with Gasteiger partial charge in [-0.1, -0.05) is 30.3 Å². The zero-order chi connectivity index (χ0) is 21.3. The predicted octanol–water partition coefficient (Wildman–Crippen LogP) is 3.86. The molecular formula is C25H34N2O3. The number of rotatable bonds is 9. The molecule has 5 nitrogen and oxygen atoms in total. The summed E-state index contributed by atoms with van der Waals surface area (Å²) >= 11 is 0. The fraction of sp³-hybridized carbons (Fsp3) is 0.480. The first-order valence-corrected chi connectivity index (χ1v) is 10.9. The Kier molecular flexibility index (Phi) is 8.14. The van der Waals surface area contributed by atoms with E-state index < -0.39 is 0 Å². The van der Waals surface area contributed by atoms with Crippen LogP contribution in [-0.4, -0.2) is 62.1 Å². The van der Waals surface area contributed by atoms with Gasteiger partial charge in [0, 0.05) is 39.1 Å². The van der Waals surface area contributed by atoms with Crippen LogP contribution >= 0.6 is 0 Å². The molecule has 0 aromatic heterocycles. The average Bonchev–Trinajstić information content (AvgIpc) is 2.77. The highest BCUT2D eigenvalue weighted by atomic mass is 16.5. The molecule has 1 aliphatic heterocycles. The van der Waals surface area contributed by atoms with Crippen molar-refractivity contribution in [3.63, 3.8) is 0 Å². The lowest BCUT2D eigenvalue weighted by Crippen LogP contribution is -2.49. The number of carbonyl (C=O) groups is 1. The van der Waals surface area contributed by atoms with E-state index in [4.69, 9.17) is 9.47 Å². The Bertz CT molecular complexity index is 791. The first-order chi connectivity index (χ1) is 14.6. The number of hydrogen-bond donors (Lipinski definition) is 0. The first-order valence-electron chi connectivity index (χ1n) is 10.9. The van der Waals surface area contributed by atoms with E-state index in [9.17, 15) is 4.79 Å². The summed E-state index contributed by atoms with van der Waals surface area (Å²) in [6, 6.07) is 14.2. The minimum absolute atomic E-state index is 0.254. The summed E-state index contributed by atoms with van der Waals surface area (Å²) in [5.41, 5.74) is 3.56. The van der Waals surface area contributed by atoms with Gasteiger partial charge in [0.05, 0.1) is 13.7 Å². The van der Waals surface area contributed by atoms with Crippen LogP contribution in [0.15, 0.2) is 42.5 Å². The highest BCUT2D eigenvalue weighted by Crippen LogP contribution is 2.22. The number of methoxy groups -OCH3 is 1. The van der Waals surface area contributed by atoms with Gasteiger partial charge in [-0.15, -0.1) is 0 Å². The van der Waals surface area contributed by atoms with Gasteiger partial charge in [0.1, 0.15) is 11.5 Å². The molecule has 0 bridgehead atoms. The highest BCUT2D eigenvalue weighted by Gasteiger charge is 2.20. The number of hydrogen-bond acceptors (Lipinski definition) is 4. The molecule has 0 unspecified atom stereocenters. The predicted molar refractivity (Wildman–Crippen MR) is 120 cm³/mol. The van der Waals surface area contributed by atoms with Crippen LogP contribution in [0.5, 0.6) is 11.5 Å². The molecule has 0 N–H and O–H groups in total. The molecule has 0 aliphatic carbocycles. The zero-order valence-electron chi connectivity index (χ0n) is 18.5. The van der Waals surface area contributed by atoms with Crippen LogP contribution in [0.2, 0.25) is 0 Å². The van der Waals surface area contributed by atoms with E-state index >= 15 is 0 Å². The fourth-order valence-corrected chi connectivity index (χ4v) is 3.91. The molecule has 1 fully saturated rings. The maximum absolute atomic E-state index is 12.5. The van der Waals surface area contributed by atoms with Crippen molar-refractivity contribution in [2.75, 3.05) is 46.4 Å². The Morgan fingerprint density at radius 2 is 1.63 bits per heavy atom.